The lowest BCUT2D eigenvalue weighted by atomic mass is 10.1. The van der Waals surface area contributed by atoms with Crippen LogP contribution < -0.4 is 16.5 Å². The topological polar surface area (TPSA) is 217 Å². The summed E-state index contributed by atoms with van der Waals surface area (Å²) >= 11 is 1.56. The molecule has 2 aromatic rings. The minimum atomic E-state index is -5.39. The van der Waals surface area contributed by atoms with Gasteiger partial charge in [0.2, 0.25) is 5.62 Å². The molecule has 7 N–H and O–H groups in total. The number of alkyl halides is 2. The number of benzene rings is 1. The van der Waals surface area contributed by atoms with E-state index in [9.17, 15) is 37.8 Å². The van der Waals surface area contributed by atoms with Gasteiger partial charge < -0.3 is 24.9 Å². The van der Waals surface area contributed by atoms with Crippen LogP contribution in [0.5, 0.6) is 0 Å². The first-order valence-electron chi connectivity index (χ1n) is 9.88. The largest absolute Gasteiger partial charge is 0.481 e. The molecular weight excluding hydrogens is 647 g/mol. The van der Waals surface area contributed by atoms with Gasteiger partial charge in [-0.15, -0.1) is 0 Å². The number of nitrogens with zero attached hydrogens (tertiary/aromatic N) is 2. The minimum Gasteiger partial charge on any atom is -0.389 e. The maximum Gasteiger partial charge on any atom is 0.481 e. The predicted octanol–water partition coefficient (Wildman–Crippen LogP) is -0.0556. The Kier molecular flexibility index (Phi) is 8.74. The molecule has 1 saturated heterocycles. The van der Waals surface area contributed by atoms with Crippen molar-refractivity contribution in [3.8, 4) is 0 Å². The second-order valence-electron chi connectivity index (χ2n) is 7.71. The number of halogens is 3. The lowest BCUT2D eigenvalue weighted by molar-refractivity contribution is -0.0260. The highest BCUT2D eigenvalue weighted by molar-refractivity contribution is 14.1. The standard InChI is InChI=1S/C17H21F2IN4O10P2/c18-17(19,9-4-2-1-3-5-9)8-24-15(27)10(20)6-23(16(24)21)14-13(26)12(25)11(22-14)7-33-36(31,32)34-35(28,29)30/h1-6,11-14,21-22,25-26H,7-8H2,(H,31,32)(H2,28,29,30)/t11-,12+,13+,14+/m1/s1. The molecule has 2 heterocycles. The number of nitrogens with one attached hydrogen (secondary N) is 2. The van der Waals surface area contributed by atoms with E-state index in [0.29, 0.717) is 4.57 Å². The average molecular weight is 668 g/mol. The highest BCUT2D eigenvalue weighted by Crippen LogP contribution is 2.57. The van der Waals surface area contributed by atoms with Crippen LogP contribution in [0.15, 0.2) is 41.3 Å². The fourth-order valence-electron chi connectivity index (χ4n) is 3.50. The molecule has 36 heavy (non-hydrogen) atoms. The molecule has 1 aromatic heterocycles. The third-order valence-corrected chi connectivity index (χ3v) is 8.04. The van der Waals surface area contributed by atoms with Crippen LogP contribution in [0.25, 0.3) is 0 Å². The Labute approximate surface area is 214 Å². The van der Waals surface area contributed by atoms with Crippen molar-refractivity contribution in [2.75, 3.05) is 6.61 Å². The Hall–Kier alpha value is -1.37. The van der Waals surface area contributed by atoms with Gasteiger partial charge in [0.15, 0.2) is 0 Å². The molecule has 0 bridgehead atoms. The molecule has 3 rings (SSSR count). The smallest absolute Gasteiger partial charge is 0.389 e. The predicted molar refractivity (Wildman–Crippen MR) is 124 cm³/mol. The molecule has 1 aliphatic rings. The van der Waals surface area contributed by atoms with Crippen molar-refractivity contribution in [1.29, 1.82) is 5.41 Å². The van der Waals surface area contributed by atoms with Crippen LogP contribution in [-0.2, 0) is 30.4 Å². The number of aliphatic hydroxyl groups excluding tert-OH is 2. The van der Waals surface area contributed by atoms with Crippen LogP contribution in [0.3, 0.4) is 0 Å². The van der Waals surface area contributed by atoms with Crippen LogP contribution in [0.1, 0.15) is 11.7 Å². The molecule has 0 amide bonds. The number of rotatable bonds is 9. The fraction of sp³-hybridized carbons (Fsp3) is 0.412. The summed E-state index contributed by atoms with van der Waals surface area (Å²) in [4.78, 5) is 39.3. The first-order chi connectivity index (χ1) is 16.5. The van der Waals surface area contributed by atoms with E-state index in [1.54, 1.807) is 22.6 Å². The molecular formula is C17H21F2IN4O10P2. The zero-order valence-electron chi connectivity index (χ0n) is 17.9. The number of aliphatic hydroxyl groups is 2. The third-order valence-electron chi connectivity index (χ3n) is 5.15. The van der Waals surface area contributed by atoms with Crippen molar-refractivity contribution in [1.82, 2.24) is 14.5 Å². The molecule has 0 spiro atoms. The summed E-state index contributed by atoms with van der Waals surface area (Å²) in [5.41, 5.74) is -2.03. The maximum absolute atomic E-state index is 14.9. The van der Waals surface area contributed by atoms with Gasteiger partial charge in [-0.3, -0.25) is 29.2 Å². The summed E-state index contributed by atoms with van der Waals surface area (Å²) < 4.78 is 61.6. The summed E-state index contributed by atoms with van der Waals surface area (Å²) in [5.74, 6) is -3.54. The summed E-state index contributed by atoms with van der Waals surface area (Å²) in [6.45, 7) is -2.09. The van der Waals surface area contributed by atoms with Crippen LogP contribution in [0.2, 0.25) is 0 Å². The minimum absolute atomic E-state index is 0.0921. The van der Waals surface area contributed by atoms with Crippen molar-refractivity contribution >= 4 is 38.2 Å². The van der Waals surface area contributed by atoms with E-state index >= 15 is 0 Å². The van der Waals surface area contributed by atoms with Crippen LogP contribution >= 0.6 is 38.2 Å². The van der Waals surface area contributed by atoms with Gasteiger partial charge in [0.25, 0.3) is 11.5 Å². The van der Waals surface area contributed by atoms with Gasteiger partial charge in [-0.05, 0) is 22.6 Å². The van der Waals surface area contributed by atoms with Gasteiger partial charge >= 0.3 is 15.6 Å². The van der Waals surface area contributed by atoms with Gasteiger partial charge in [0.1, 0.15) is 18.4 Å². The van der Waals surface area contributed by atoms with Crippen LogP contribution in [0, 0.1) is 8.98 Å². The van der Waals surface area contributed by atoms with Crippen molar-refractivity contribution in [3.63, 3.8) is 0 Å². The Morgan fingerprint density at radius 2 is 1.75 bits per heavy atom. The zero-order valence-corrected chi connectivity index (χ0v) is 21.8. The Morgan fingerprint density at radius 1 is 1.14 bits per heavy atom. The quantitative estimate of drug-likeness (QED) is 0.139. The number of hydrogen-bond acceptors (Lipinski definition) is 9. The molecule has 1 aromatic carbocycles. The summed E-state index contributed by atoms with van der Waals surface area (Å²) in [6.07, 6.45) is -3.72. The van der Waals surface area contributed by atoms with E-state index in [2.05, 4.69) is 14.2 Å². The van der Waals surface area contributed by atoms with Gasteiger partial charge in [-0.1, -0.05) is 30.3 Å². The van der Waals surface area contributed by atoms with E-state index in [1.165, 1.54) is 18.2 Å². The lowest BCUT2D eigenvalue weighted by Gasteiger charge is -2.24. The first kappa shape index (κ1) is 29.2. The SMILES string of the molecule is N=c1n([C@@H]2N[C@H](COP(=O)(O)OP(=O)(O)O)[C@H](O)[C@@H]2O)cc(I)c(=O)n1CC(F)(F)c1ccccc1. The van der Waals surface area contributed by atoms with E-state index in [-0.39, 0.29) is 9.13 Å². The second-order valence-corrected chi connectivity index (χ2v) is 11.7. The Bertz CT molecular complexity index is 1320. The summed E-state index contributed by atoms with van der Waals surface area (Å²) in [5, 5.41) is 31.7. The van der Waals surface area contributed by atoms with E-state index in [1.807, 2.05) is 0 Å². The molecule has 1 aliphatic heterocycles. The van der Waals surface area contributed by atoms with Gasteiger partial charge in [0, 0.05) is 11.8 Å². The summed E-state index contributed by atoms with van der Waals surface area (Å²) in [6, 6.07) is 5.31. The second kappa shape index (κ2) is 10.8. The first-order valence-corrected chi connectivity index (χ1v) is 14.0. The highest BCUT2D eigenvalue weighted by atomic mass is 127. The molecule has 19 heteroatoms. The number of phosphoric ester groups is 1. The summed E-state index contributed by atoms with van der Waals surface area (Å²) in [7, 11) is -10.7. The monoisotopic (exact) mass is 668 g/mol. The number of phosphoric acid groups is 2. The highest BCUT2D eigenvalue weighted by Gasteiger charge is 2.44. The maximum atomic E-state index is 14.9. The molecule has 0 aliphatic carbocycles. The molecule has 14 nitrogen and oxygen atoms in total. The molecule has 200 valence electrons. The number of aromatic nitrogens is 2. The Morgan fingerprint density at radius 3 is 2.33 bits per heavy atom. The van der Waals surface area contributed by atoms with Crippen LogP contribution in [-0.4, -0.2) is 58.9 Å². The lowest BCUT2D eigenvalue weighted by Crippen LogP contribution is -2.48. The van der Waals surface area contributed by atoms with Gasteiger partial charge in [-0.25, -0.2) is 9.13 Å². The van der Waals surface area contributed by atoms with Crippen molar-refractivity contribution in [3.05, 3.63) is 61.6 Å². The number of hydrogen-bond donors (Lipinski definition) is 7. The van der Waals surface area contributed by atoms with E-state index in [4.69, 9.17) is 15.2 Å². The average Bonchev–Trinajstić information content (AvgIpc) is 3.05. The van der Waals surface area contributed by atoms with Crippen molar-refractivity contribution < 1.29 is 51.6 Å². The van der Waals surface area contributed by atoms with Gasteiger partial charge in [-0.2, -0.15) is 13.1 Å². The van der Waals surface area contributed by atoms with Gasteiger partial charge in [0.05, 0.1) is 22.8 Å². The Balaban J connectivity index is 1.88. The van der Waals surface area contributed by atoms with E-state index in [0.717, 1.165) is 22.9 Å². The molecule has 0 radical (unpaired) electrons. The van der Waals surface area contributed by atoms with Crippen molar-refractivity contribution in [2.24, 2.45) is 0 Å². The third kappa shape index (κ3) is 6.73. The molecule has 0 saturated carbocycles. The van der Waals surface area contributed by atoms with Crippen LogP contribution in [0.4, 0.5) is 8.78 Å². The molecule has 5 atom stereocenters. The zero-order chi connectivity index (χ0) is 27.1. The van der Waals surface area contributed by atoms with Crippen molar-refractivity contribution in [2.45, 2.75) is 36.9 Å². The van der Waals surface area contributed by atoms with E-state index < -0.39 is 70.3 Å². The molecule has 1 unspecified atom stereocenters. The molecule has 1 fully saturated rings. The normalized spacial score (nSPS) is 24.6. The fourth-order valence-corrected chi connectivity index (χ4v) is 5.70.